The molecule has 7 heteroatoms. The molecule has 4 aromatic rings. The van der Waals surface area contributed by atoms with Crippen LogP contribution in [-0.4, -0.2) is 31.6 Å². The molecule has 1 amide bonds. The van der Waals surface area contributed by atoms with E-state index in [4.69, 9.17) is 9.15 Å². The number of rotatable bonds is 8. The highest BCUT2D eigenvalue weighted by Gasteiger charge is 2.20. The minimum Gasteiger partial charge on any atom is -0.464 e. The summed E-state index contributed by atoms with van der Waals surface area (Å²) in [5.74, 6) is -0.597. The van der Waals surface area contributed by atoms with Gasteiger partial charge in [0.1, 0.15) is 23.2 Å². The number of halogens is 1. The summed E-state index contributed by atoms with van der Waals surface area (Å²) in [5, 5.41) is 6.58. The summed E-state index contributed by atoms with van der Waals surface area (Å²) < 4.78 is 24.6. The lowest BCUT2D eigenvalue weighted by molar-refractivity contribution is -0.144. The monoisotopic (exact) mass is 486 g/mol. The summed E-state index contributed by atoms with van der Waals surface area (Å²) in [6, 6.07) is 18.2. The van der Waals surface area contributed by atoms with Crippen molar-refractivity contribution in [3.05, 3.63) is 90.3 Å². The van der Waals surface area contributed by atoms with E-state index in [1.165, 1.54) is 12.1 Å². The first-order valence-electron chi connectivity index (χ1n) is 11.6. The average molecular weight is 487 g/mol. The summed E-state index contributed by atoms with van der Waals surface area (Å²) in [6.45, 7) is 7.67. The van der Waals surface area contributed by atoms with Crippen molar-refractivity contribution in [2.75, 3.05) is 13.7 Å². The summed E-state index contributed by atoms with van der Waals surface area (Å²) in [7, 11) is 1.78. The zero-order valence-corrected chi connectivity index (χ0v) is 20.4. The van der Waals surface area contributed by atoms with E-state index >= 15 is 0 Å². The van der Waals surface area contributed by atoms with Crippen molar-refractivity contribution in [2.45, 2.75) is 19.9 Å². The number of nitrogens with one attached hydrogen (secondary N) is 2. The van der Waals surface area contributed by atoms with Gasteiger partial charge < -0.3 is 19.8 Å². The first kappa shape index (κ1) is 24.7. The van der Waals surface area contributed by atoms with E-state index in [0.29, 0.717) is 22.6 Å². The lowest BCUT2D eigenvalue weighted by Crippen LogP contribution is -2.39. The molecule has 0 aliphatic carbocycles. The van der Waals surface area contributed by atoms with Gasteiger partial charge in [0.25, 0.3) is 5.91 Å². The van der Waals surface area contributed by atoms with E-state index in [1.807, 2.05) is 24.3 Å². The Bertz CT molecular complexity index is 1440. The Morgan fingerprint density at radius 3 is 2.42 bits per heavy atom. The average Bonchev–Trinajstić information content (AvgIpc) is 3.27. The number of furan rings is 1. The van der Waals surface area contributed by atoms with Gasteiger partial charge in [-0.05, 0) is 73.5 Å². The Kier molecular flexibility index (Phi) is 7.20. The molecule has 36 heavy (non-hydrogen) atoms. The predicted molar refractivity (Wildman–Crippen MR) is 139 cm³/mol. The highest BCUT2D eigenvalue weighted by atomic mass is 19.1. The van der Waals surface area contributed by atoms with Crippen LogP contribution in [-0.2, 0) is 9.53 Å². The van der Waals surface area contributed by atoms with Crippen LogP contribution in [0.3, 0.4) is 0 Å². The van der Waals surface area contributed by atoms with Crippen molar-refractivity contribution in [2.24, 2.45) is 0 Å². The van der Waals surface area contributed by atoms with Crippen LogP contribution >= 0.6 is 0 Å². The fraction of sp³-hybridized carbons (Fsp3) is 0.172. The highest BCUT2D eigenvalue weighted by molar-refractivity contribution is 6.00. The third-order valence-corrected chi connectivity index (χ3v) is 5.84. The number of amides is 1. The van der Waals surface area contributed by atoms with E-state index < -0.39 is 12.0 Å². The van der Waals surface area contributed by atoms with E-state index in [-0.39, 0.29) is 18.3 Å². The molecule has 0 saturated heterocycles. The number of esters is 1. The van der Waals surface area contributed by atoms with Gasteiger partial charge in [0, 0.05) is 29.3 Å². The largest absolute Gasteiger partial charge is 0.464 e. The molecule has 1 aromatic heterocycles. The third kappa shape index (κ3) is 5.00. The molecule has 0 spiro atoms. The predicted octanol–water partition coefficient (Wildman–Crippen LogP) is 5.78. The van der Waals surface area contributed by atoms with Crippen LogP contribution in [0.5, 0.6) is 0 Å². The van der Waals surface area contributed by atoms with Crippen molar-refractivity contribution in [3.63, 3.8) is 0 Å². The molecule has 1 heterocycles. The maximum absolute atomic E-state index is 13.5. The van der Waals surface area contributed by atoms with Gasteiger partial charge in [0.15, 0.2) is 0 Å². The topological polar surface area (TPSA) is 80.6 Å². The maximum atomic E-state index is 13.5. The van der Waals surface area contributed by atoms with Crippen molar-refractivity contribution in [1.82, 2.24) is 10.6 Å². The first-order valence-corrected chi connectivity index (χ1v) is 11.6. The van der Waals surface area contributed by atoms with Crippen LogP contribution in [0, 0.1) is 5.82 Å². The second kappa shape index (κ2) is 10.5. The molecule has 0 fully saturated rings. The fourth-order valence-corrected chi connectivity index (χ4v) is 3.95. The summed E-state index contributed by atoms with van der Waals surface area (Å²) in [5.41, 5.74) is 4.93. The number of hydrogen-bond acceptors (Lipinski definition) is 5. The van der Waals surface area contributed by atoms with Gasteiger partial charge in [-0.3, -0.25) is 4.79 Å². The van der Waals surface area contributed by atoms with Crippen LogP contribution in [0.15, 0.2) is 77.7 Å². The Labute approximate surface area is 208 Å². The van der Waals surface area contributed by atoms with Gasteiger partial charge in [-0.2, -0.15) is 0 Å². The van der Waals surface area contributed by atoms with Gasteiger partial charge in [-0.15, -0.1) is 0 Å². The molecule has 0 bridgehead atoms. The van der Waals surface area contributed by atoms with Crippen molar-refractivity contribution >= 4 is 28.5 Å². The molecule has 0 saturated carbocycles. The number of carbonyl (C=O) groups is 2. The van der Waals surface area contributed by atoms with Crippen LogP contribution in [0.25, 0.3) is 39.1 Å². The van der Waals surface area contributed by atoms with Crippen molar-refractivity contribution in [3.8, 4) is 22.5 Å². The molecule has 0 aliphatic rings. The Hall–Kier alpha value is -4.39. The molecule has 6 nitrogen and oxygen atoms in total. The molecule has 184 valence electrons. The molecule has 1 atom stereocenters. The maximum Gasteiger partial charge on any atom is 0.328 e. The quantitative estimate of drug-likeness (QED) is 0.309. The zero-order valence-electron chi connectivity index (χ0n) is 20.4. The second-order valence-corrected chi connectivity index (χ2v) is 8.28. The second-order valence-electron chi connectivity index (χ2n) is 8.28. The molecule has 2 N–H and O–H groups in total. The highest BCUT2D eigenvalue weighted by Crippen LogP contribution is 2.38. The number of ether oxygens (including phenoxy) is 1. The molecular weight excluding hydrogens is 459 g/mol. The van der Waals surface area contributed by atoms with Gasteiger partial charge in [-0.1, -0.05) is 24.8 Å². The molecule has 4 rings (SSSR count). The smallest absolute Gasteiger partial charge is 0.328 e. The van der Waals surface area contributed by atoms with E-state index in [9.17, 15) is 14.0 Å². The Morgan fingerprint density at radius 2 is 1.72 bits per heavy atom. The number of hydrogen-bond donors (Lipinski definition) is 2. The Balaban J connectivity index is 1.72. The number of fused-ring (bicyclic) bond motifs is 1. The van der Waals surface area contributed by atoms with E-state index in [2.05, 4.69) is 17.2 Å². The zero-order chi connectivity index (χ0) is 25.8. The number of benzene rings is 3. The van der Waals surface area contributed by atoms with Crippen LogP contribution < -0.4 is 10.6 Å². The van der Waals surface area contributed by atoms with E-state index in [0.717, 1.165) is 27.6 Å². The Morgan fingerprint density at radius 1 is 1.03 bits per heavy atom. The van der Waals surface area contributed by atoms with Gasteiger partial charge >= 0.3 is 5.97 Å². The first-order chi connectivity index (χ1) is 17.3. The lowest BCUT2D eigenvalue weighted by Gasteiger charge is -2.13. The minimum atomic E-state index is -0.761. The molecule has 0 unspecified atom stereocenters. The van der Waals surface area contributed by atoms with Gasteiger partial charge in [0.2, 0.25) is 0 Å². The van der Waals surface area contributed by atoms with Crippen LogP contribution in [0.1, 0.15) is 29.8 Å². The van der Waals surface area contributed by atoms with Crippen molar-refractivity contribution < 1.29 is 23.1 Å². The minimum absolute atomic E-state index is 0.246. The molecular formula is C29H27FN2O4. The molecule has 0 aliphatic heterocycles. The standard InChI is InChI=1S/C29H27FN2O4/c1-5-35-29(34)18(3)32-28(33)22-8-6-7-20(15-22)21-11-14-25-24(16-21)26(17(2)31-4)27(36-25)19-9-12-23(30)13-10-19/h6-16,18,31H,2,5H2,1,3-4H3,(H,32,33)/t18-/m0/s1. The SMILES string of the molecule is C=C(NC)c1c(-c2ccc(F)cc2)oc2ccc(-c3cccc(C(=O)N[C@@H](C)C(=O)OCC)c3)cc12. The molecule has 3 aromatic carbocycles. The third-order valence-electron chi connectivity index (χ3n) is 5.84. The van der Waals surface area contributed by atoms with Crippen molar-refractivity contribution in [1.29, 1.82) is 0 Å². The number of carbonyl (C=O) groups excluding carboxylic acids is 2. The normalized spacial score (nSPS) is 11.7. The summed E-state index contributed by atoms with van der Waals surface area (Å²) >= 11 is 0. The van der Waals surface area contributed by atoms with Gasteiger partial charge in [0.05, 0.1) is 12.2 Å². The summed E-state index contributed by atoms with van der Waals surface area (Å²) in [4.78, 5) is 24.6. The van der Waals surface area contributed by atoms with Gasteiger partial charge in [-0.25, -0.2) is 9.18 Å². The lowest BCUT2D eigenvalue weighted by atomic mass is 9.98. The van der Waals surface area contributed by atoms with Crippen LogP contribution in [0.2, 0.25) is 0 Å². The van der Waals surface area contributed by atoms with E-state index in [1.54, 1.807) is 51.2 Å². The van der Waals surface area contributed by atoms with Crippen LogP contribution in [0.4, 0.5) is 4.39 Å². The summed E-state index contributed by atoms with van der Waals surface area (Å²) in [6.07, 6.45) is 0. The molecule has 0 radical (unpaired) electrons. The fourth-order valence-electron chi connectivity index (χ4n) is 3.95.